The first-order chi connectivity index (χ1) is 20.2. The Morgan fingerprint density at radius 1 is 1.05 bits per heavy atom. The van der Waals surface area contributed by atoms with Crippen LogP contribution in [0.3, 0.4) is 0 Å². The van der Waals surface area contributed by atoms with Crippen molar-refractivity contribution in [1.82, 2.24) is 10.2 Å². The zero-order chi connectivity index (χ0) is 31.5. The van der Waals surface area contributed by atoms with E-state index in [0.29, 0.717) is 33.3 Å². The minimum absolute atomic E-state index is 0.119. The van der Waals surface area contributed by atoms with Crippen LogP contribution in [-0.2, 0) is 9.59 Å². The van der Waals surface area contributed by atoms with E-state index >= 15 is 0 Å². The van der Waals surface area contributed by atoms with E-state index < -0.39 is 5.66 Å². The lowest BCUT2D eigenvalue weighted by Crippen LogP contribution is -2.47. The van der Waals surface area contributed by atoms with E-state index in [9.17, 15) is 14.4 Å². The number of nitrogens with two attached hydrogens (primary N) is 1. The molecule has 1 unspecified atom stereocenters. The van der Waals surface area contributed by atoms with Gasteiger partial charge in [-0.1, -0.05) is 73.7 Å². The number of hydrogen-bond donors (Lipinski definition) is 2. The minimum atomic E-state index is -0.509. The Morgan fingerprint density at radius 3 is 2.05 bits per heavy atom. The van der Waals surface area contributed by atoms with Crippen molar-refractivity contribution in [1.29, 1.82) is 0 Å². The highest BCUT2D eigenvalue weighted by Crippen LogP contribution is 2.40. The van der Waals surface area contributed by atoms with E-state index in [1.54, 1.807) is 25.1 Å². The Labute approximate surface area is 262 Å². The van der Waals surface area contributed by atoms with Gasteiger partial charge in [0.1, 0.15) is 23.4 Å². The molecule has 0 saturated heterocycles. The number of ketones is 1. The molecule has 1 saturated carbocycles. The molecule has 1 atom stereocenters. The maximum atomic E-state index is 12.2. The van der Waals surface area contributed by atoms with Gasteiger partial charge in [0.25, 0.3) is 0 Å². The van der Waals surface area contributed by atoms with Crippen molar-refractivity contribution in [2.75, 3.05) is 27.7 Å². The Hall–Kier alpha value is -2.42. The first-order valence-electron chi connectivity index (χ1n) is 14.7. The zero-order valence-corrected chi connectivity index (χ0v) is 27.3. The molecule has 0 spiro atoms. The molecule has 42 heavy (non-hydrogen) atoms. The molecule has 3 rings (SSSR count). The summed E-state index contributed by atoms with van der Waals surface area (Å²) in [4.78, 5) is 41.0. The van der Waals surface area contributed by atoms with Crippen LogP contribution in [0.1, 0.15) is 99.2 Å². The van der Waals surface area contributed by atoms with Crippen LogP contribution in [0.4, 0.5) is 0 Å². The van der Waals surface area contributed by atoms with Crippen molar-refractivity contribution in [3.63, 3.8) is 0 Å². The van der Waals surface area contributed by atoms with E-state index in [-0.39, 0.29) is 11.8 Å². The van der Waals surface area contributed by atoms with Gasteiger partial charge in [0.2, 0.25) is 0 Å². The predicted octanol–water partition coefficient (Wildman–Crippen LogP) is 7.08. The quantitative estimate of drug-likeness (QED) is 0.150. The van der Waals surface area contributed by atoms with Crippen LogP contribution < -0.4 is 11.1 Å². The smallest absolute Gasteiger partial charge is 0.168 e. The van der Waals surface area contributed by atoms with Gasteiger partial charge in [-0.15, -0.1) is 0 Å². The van der Waals surface area contributed by atoms with Crippen molar-refractivity contribution < 1.29 is 14.4 Å². The Balaban J connectivity index is 0.000000858. The summed E-state index contributed by atoms with van der Waals surface area (Å²) in [5, 5.41) is 3.84. The van der Waals surface area contributed by atoms with Crippen LogP contribution in [-0.4, -0.2) is 62.3 Å². The van der Waals surface area contributed by atoms with Crippen molar-refractivity contribution in [2.24, 2.45) is 10.7 Å². The van der Waals surface area contributed by atoms with Crippen molar-refractivity contribution in [3.05, 3.63) is 69.2 Å². The number of nitrogens with zero attached hydrogens (tertiary/aromatic N) is 2. The third-order valence-corrected chi connectivity index (χ3v) is 7.81. The van der Waals surface area contributed by atoms with Gasteiger partial charge < -0.3 is 11.1 Å². The van der Waals surface area contributed by atoms with Crippen LogP contribution >= 0.6 is 23.2 Å². The summed E-state index contributed by atoms with van der Waals surface area (Å²) < 4.78 is 0. The summed E-state index contributed by atoms with van der Waals surface area (Å²) in [6.07, 6.45) is 10.5. The lowest BCUT2D eigenvalue weighted by atomic mass is 9.92. The molecule has 232 valence electrons. The summed E-state index contributed by atoms with van der Waals surface area (Å²) >= 11 is 12.4. The van der Waals surface area contributed by atoms with Crippen molar-refractivity contribution in [2.45, 2.75) is 83.3 Å². The Kier molecular flexibility index (Phi) is 18.3. The molecule has 0 heterocycles. The maximum Gasteiger partial charge on any atom is 0.168 e. The van der Waals surface area contributed by atoms with E-state index in [4.69, 9.17) is 28.2 Å². The third-order valence-electron chi connectivity index (χ3n) is 7.37. The molecular formula is C33H48Cl2N4O3. The summed E-state index contributed by atoms with van der Waals surface area (Å²) in [5.74, 6) is 0.245. The zero-order valence-electron chi connectivity index (χ0n) is 25.8. The normalized spacial score (nSPS) is 15.3. The van der Waals surface area contributed by atoms with Crippen molar-refractivity contribution in [3.8, 4) is 0 Å². The SMILES string of the molecule is CCCC(c1ccc(C=O)cc1)N(C)C1(/N=C(\C=O)c2cc(Cl)cc(Cl)c2)CCCCCC1.CN.CNCCC(C)=O. The monoisotopic (exact) mass is 618 g/mol. The average Bonchev–Trinajstić information content (AvgIpc) is 3.24. The lowest BCUT2D eigenvalue weighted by Gasteiger charge is -2.43. The standard InChI is InChI=1S/C27H32Cl2N2O2.C5H11NO.CH5N/c1-3-8-26(21-11-9-20(18-32)10-12-21)31(2)27(13-6-4-5-7-14-27)30-25(19-33)22-15-23(28)17-24(29)16-22;1-5(7)3-4-6-2;1-2/h9-12,15-19,26H,3-8,13-14H2,1-2H3;6H,3-4H2,1-2H3;2H2,1H3/b30-25+;;. The van der Waals surface area contributed by atoms with Gasteiger partial charge in [-0.3, -0.25) is 24.3 Å². The summed E-state index contributed by atoms with van der Waals surface area (Å²) in [6, 6.07) is 13.1. The van der Waals surface area contributed by atoms with Crippen LogP contribution in [0.2, 0.25) is 10.0 Å². The molecule has 7 nitrogen and oxygen atoms in total. The van der Waals surface area contributed by atoms with Crippen molar-refractivity contribution >= 4 is 47.3 Å². The molecule has 1 aliphatic rings. The van der Waals surface area contributed by atoms with Gasteiger partial charge in [0, 0.05) is 40.2 Å². The first-order valence-corrected chi connectivity index (χ1v) is 15.5. The molecule has 1 aliphatic carbocycles. The molecular weight excluding hydrogens is 571 g/mol. The molecule has 0 bridgehead atoms. The molecule has 0 amide bonds. The van der Waals surface area contributed by atoms with Crippen LogP contribution in [0, 0.1) is 0 Å². The number of Topliss-reactive ketones (excluding diaryl/α,β-unsaturated/α-hetero) is 1. The highest BCUT2D eigenvalue weighted by Gasteiger charge is 2.39. The Bertz CT molecular complexity index is 1110. The molecule has 2 aromatic rings. The number of nitrogens with one attached hydrogen (secondary N) is 1. The fourth-order valence-corrected chi connectivity index (χ4v) is 5.69. The molecule has 0 aliphatic heterocycles. The minimum Gasteiger partial charge on any atom is -0.333 e. The number of carbonyl (C=O) groups is 3. The molecule has 3 N–H and O–H groups in total. The summed E-state index contributed by atoms with van der Waals surface area (Å²) in [5.41, 5.74) is 6.83. The number of benzene rings is 2. The third kappa shape index (κ3) is 12.1. The molecule has 0 radical (unpaired) electrons. The predicted molar refractivity (Wildman–Crippen MR) is 176 cm³/mol. The lowest BCUT2D eigenvalue weighted by molar-refractivity contribution is -0.116. The second-order valence-corrected chi connectivity index (χ2v) is 11.3. The number of rotatable bonds is 12. The number of carbonyl (C=O) groups excluding carboxylic acids is 3. The van der Waals surface area contributed by atoms with Crippen LogP contribution in [0.25, 0.3) is 0 Å². The highest BCUT2D eigenvalue weighted by atomic mass is 35.5. The molecule has 2 aromatic carbocycles. The van der Waals surface area contributed by atoms with E-state index in [2.05, 4.69) is 29.9 Å². The van der Waals surface area contributed by atoms with Gasteiger partial charge in [-0.25, -0.2) is 0 Å². The second kappa shape index (κ2) is 20.5. The van der Waals surface area contributed by atoms with Crippen LogP contribution in [0.15, 0.2) is 47.5 Å². The van der Waals surface area contributed by atoms with E-state index in [1.807, 2.05) is 31.3 Å². The highest BCUT2D eigenvalue weighted by molar-refractivity contribution is 6.39. The fraction of sp³-hybridized carbons (Fsp3) is 0.515. The average molecular weight is 620 g/mol. The largest absolute Gasteiger partial charge is 0.333 e. The Morgan fingerprint density at radius 2 is 1.62 bits per heavy atom. The number of aliphatic imine (C=N–C) groups is 1. The summed E-state index contributed by atoms with van der Waals surface area (Å²) in [6.45, 7) is 4.57. The molecule has 9 heteroatoms. The van der Waals surface area contributed by atoms with Gasteiger partial charge in [-0.2, -0.15) is 0 Å². The molecule has 0 aromatic heterocycles. The van der Waals surface area contributed by atoms with Crippen LogP contribution in [0.5, 0.6) is 0 Å². The summed E-state index contributed by atoms with van der Waals surface area (Å²) in [7, 11) is 5.46. The number of halogens is 2. The van der Waals surface area contributed by atoms with Gasteiger partial charge >= 0.3 is 0 Å². The fourth-order valence-electron chi connectivity index (χ4n) is 5.17. The van der Waals surface area contributed by atoms with E-state index in [1.165, 1.54) is 7.05 Å². The van der Waals surface area contributed by atoms with Gasteiger partial charge in [-0.05, 0) is 83.9 Å². The topological polar surface area (TPSA) is 105 Å². The van der Waals surface area contributed by atoms with Gasteiger partial charge in [0.05, 0.1) is 0 Å². The number of aldehydes is 2. The van der Waals surface area contributed by atoms with E-state index in [0.717, 1.165) is 76.0 Å². The maximum absolute atomic E-state index is 12.2. The first kappa shape index (κ1) is 37.6. The van der Waals surface area contributed by atoms with Gasteiger partial charge in [0.15, 0.2) is 6.29 Å². The molecule has 1 fully saturated rings. The number of hydrogen-bond acceptors (Lipinski definition) is 7. The second-order valence-electron chi connectivity index (χ2n) is 10.4.